The fourth-order valence-electron chi connectivity index (χ4n) is 2.12. The molecule has 0 bridgehead atoms. The second-order valence-corrected chi connectivity index (χ2v) is 5.42. The topological polar surface area (TPSA) is 23.5 Å². The maximum absolute atomic E-state index is 9.90. The normalized spacial score (nSPS) is 29.4. The molecule has 0 spiro atoms. The first kappa shape index (κ1) is 12.5. The third-order valence-corrected chi connectivity index (χ3v) is 3.42. The third-order valence-electron chi connectivity index (χ3n) is 2.86. The van der Waals surface area contributed by atoms with Crippen molar-refractivity contribution >= 4 is 15.9 Å². The zero-order chi connectivity index (χ0) is 10.4. The van der Waals surface area contributed by atoms with Crippen LogP contribution in [0.25, 0.3) is 0 Å². The maximum atomic E-state index is 9.90. The van der Waals surface area contributed by atoms with Crippen LogP contribution in [0.3, 0.4) is 0 Å². The van der Waals surface area contributed by atoms with Crippen LogP contribution in [-0.2, 0) is 0 Å². The van der Waals surface area contributed by atoms with Crippen molar-refractivity contribution in [2.24, 2.45) is 0 Å². The molecular formula is C11H22BrNO. The number of piperidine rings is 1. The first-order chi connectivity index (χ1) is 6.64. The molecular weight excluding hydrogens is 242 g/mol. The summed E-state index contributed by atoms with van der Waals surface area (Å²) in [6, 6.07) is 0. The lowest BCUT2D eigenvalue weighted by Gasteiger charge is -2.36. The quantitative estimate of drug-likeness (QED) is 0.609. The second-order valence-electron chi connectivity index (χ2n) is 4.63. The highest BCUT2D eigenvalue weighted by Crippen LogP contribution is 2.20. The third kappa shape index (κ3) is 4.76. The highest BCUT2D eigenvalue weighted by Gasteiger charge is 2.27. The fraction of sp³-hybridized carbons (Fsp3) is 1.00. The standard InChI is InChI=1S/C11H22BrNO/c1-11(14)6-5-9-13(10-11)8-4-2-3-7-12/h14H,2-10H2,1H3. The molecule has 0 aromatic heterocycles. The molecule has 1 aliphatic rings. The van der Waals surface area contributed by atoms with Crippen molar-refractivity contribution in [3.05, 3.63) is 0 Å². The lowest BCUT2D eigenvalue weighted by Crippen LogP contribution is -2.46. The summed E-state index contributed by atoms with van der Waals surface area (Å²) in [5, 5.41) is 11.0. The van der Waals surface area contributed by atoms with E-state index in [4.69, 9.17) is 0 Å². The van der Waals surface area contributed by atoms with E-state index >= 15 is 0 Å². The zero-order valence-corrected chi connectivity index (χ0v) is 10.7. The summed E-state index contributed by atoms with van der Waals surface area (Å²) in [5.74, 6) is 0. The fourth-order valence-corrected chi connectivity index (χ4v) is 2.52. The number of unbranched alkanes of at least 4 members (excludes halogenated alkanes) is 2. The highest BCUT2D eigenvalue weighted by molar-refractivity contribution is 9.09. The molecule has 0 aromatic carbocycles. The molecule has 3 heteroatoms. The van der Waals surface area contributed by atoms with Gasteiger partial charge in [0.15, 0.2) is 0 Å². The SMILES string of the molecule is CC1(O)CCCN(CCCCCBr)C1. The second kappa shape index (κ2) is 6.09. The Morgan fingerprint density at radius 1 is 1.36 bits per heavy atom. The van der Waals surface area contributed by atoms with Gasteiger partial charge in [-0.2, -0.15) is 0 Å². The molecule has 1 heterocycles. The summed E-state index contributed by atoms with van der Waals surface area (Å²) >= 11 is 3.44. The van der Waals surface area contributed by atoms with Gasteiger partial charge in [-0.1, -0.05) is 22.4 Å². The molecule has 0 radical (unpaired) electrons. The predicted molar refractivity (Wildman–Crippen MR) is 63.9 cm³/mol. The van der Waals surface area contributed by atoms with Crippen LogP contribution < -0.4 is 0 Å². The summed E-state index contributed by atoms with van der Waals surface area (Å²) in [6.07, 6.45) is 5.94. The van der Waals surface area contributed by atoms with Crippen LogP contribution >= 0.6 is 15.9 Å². The molecule has 1 fully saturated rings. The van der Waals surface area contributed by atoms with Crippen molar-refractivity contribution in [1.29, 1.82) is 0 Å². The van der Waals surface area contributed by atoms with Gasteiger partial charge in [0, 0.05) is 11.9 Å². The molecule has 1 rings (SSSR count). The number of rotatable bonds is 5. The van der Waals surface area contributed by atoms with E-state index in [9.17, 15) is 5.11 Å². The van der Waals surface area contributed by atoms with Crippen molar-refractivity contribution in [2.75, 3.05) is 25.0 Å². The number of nitrogens with zero attached hydrogens (tertiary/aromatic N) is 1. The van der Waals surface area contributed by atoms with Crippen molar-refractivity contribution in [3.8, 4) is 0 Å². The van der Waals surface area contributed by atoms with Crippen LogP contribution in [0.2, 0.25) is 0 Å². The van der Waals surface area contributed by atoms with Gasteiger partial charge in [-0.05, 0) is 45.7 Å². The van der Waals surface area contributed by atoms with Gasteiger partial charge in [0.2, 0.25) is 0 Å². The van der Waals surface area contributed by atoms with Gasteiger partial charge in [-0.3, -0.25) is 0 Å². The number of halogens is 1. The molecule has 0 saturated carbocycles. The molecule has 1 N–H and O–H groups in total. The predicted octanol–water partition coefficient (Wildman–Crippen LogP) is 2.40. The van der Waals surface area contributed by atoms with Gasteiger partial charge in [-0.15, -0.1) is 0 Å². The van der Waals surface area contributed by atoms with Crippen LogP contribution in [-0.4, -0.2) is 40.6 Å². The van der Waals surface area contributed by atoms with E-state index in [1.165, 1.54) is 25.8 Å². The van der Waals surface area contributed by atoms with E-state index < -0.39 is 5.60 Å². The average Bonchev–Trinajstić information content (AvgIpc) is 2.11. The van der Waals surface area contributed by atoms with Gasteiger partial charge < -0.3 is 10.0 Å². The van der Waals surface area contributed by atoms with Crippen LogP contribution in [0, 0.1) is 0 Å². The van der Waals surface area contributed by atoms with Crippen LogP contribution in [0.15, 0.2) is 0 Å². The van der Waals surface area contributed by atoms with Gasteiger partial charge in [-0.25, -0.2) is 0 Å². The Balaban J connectivity index is 2.12. The molecule has 0 amide bonds. The summed E-state index contributed by atoms with van der Waals surface area (Å²) in [5.41, 5.74) is -0.437. The van der Waals surface area contributed by atoms with E-state index in [1.54, 1.807) is 0 Å². The van der Waals surface area contributed by atoms with Crippen LogP contribution in [0.5, 0.6) is 0 Å². The van der Waals surface area contributed by atoms with E-state index in [0.29, 0.717) is 0 Å². The number of likely N-dealkylation sites (tertiary alicyclic amines) is 1. The van der Waals surface area contributed by atoms with E-state index in [1.807, 2.05) is 6.92 Å². The molecule has 1 aliphatic heterocycles. The molecule has 1 unspecified atom stereocenters. The Morgan fingerprint density at radius 3 is 2.79 bits per heavy atom. The largest absolute Gasteiger partial charge is 0.389 e. The first-order valence-corrected chi connectivity index (χ1v) is 6.77. The van der Waals surface area contributed by atoms with E-state index in [2.05, 4.69) is 20.8 Å². The lowest BCUT2D eigenvalue weighted by molar-refractivity contribution is -0.0157. The van der Waals surface area contributed by atoms with E-state index in [0.717, 1.165) is 31.3 Å². The Bertz CT molecular complexity index is 161. The molecule has 14 heavy (non-hydrogen) atoms. The highest BCUT2D eigenvalue weighted by atomic mass is 79.9. The maximum Gasteiger partial charge on any atom is 0.0746 e. The molecule has 1 atom stereocenters. The summed E-state index contributed by atoms with van der Waals surface area (Å²) < 4.78 is 0. The summed E-state index contributed by atoms with van der Waals surface area (Å²) in [4.78, 5) is 2.40. The zero-order valence-electron chi connectivity index (χ0n) is 9.14. The summed E-state index contributed by atoms with van der Waals surface area (Å²) in [6.45, 7) is 5.15. The van der Waals surface area contributed by atoms with Crippen molar-refractivity contribution in [2.45, 2.75) is 44.6 Å². The Kier molecular flexibility index (Phi) is 5.42. The number of alkyl halides is 1. The molecule has 2 nitrogen and oxygen atoms in total. The number of aliphatic hydroxyl groups is 1. The Labute approximate surface area is 95.8 Å². The van der Waals surface area contributed by atoms with E-state index in [-0.39, 0.29) is 0 Å². The van der Waals surface area contributed by atoms with Gasteiger partial charge in [0.25, 0.3) is 0 Å². The average molecular weight is 264 g/mol. The smallest absolute Gasteiger partial charge is 0.0746 e. The molecule has 0 aromatic rings. The van der Waals surface area contributed by atoms with Crippen LogP contribution in [0.4, 0.5) is 0 Å². The summed E-state index contributed by atoms with van der Waals surface area (Å²) in [7, 11) is 0. The minimum atomic E-state index is -0.437. The lowest BCUT2D eigenvalue weighted by atomic mass is 9.95. The van der Waals surface area contributed by atoms with Crippen molar-refractivity contribution < 1.29 is 5.11 Å². The molecule has 84 valence electrons. The van der Waals surface area contributed by atoms with Gasteiger partial charge >= 0.3 is 0 Å². The minimum absolute atomic E-state index is 0.437. The van der Waals surface area contributed by atoms with Crippen LogP contribution in [0.1, 0.15) is 39.0 Å². The minimum Gasteiger partial charge on any atom is -0.389 e. The Hall–Kier alpha value is 0.400. The monoisotopic (exact) mass is 263 g/mol. The van der Waals surface area contributed by atoms with Gasteiger partial charge in [0.05, 0.1) is 5.60 Å². The first-order valence-electron chi connectivity index (χ1n) is 5.65. The van der Waals surface area contributed by atoms with Crippen molar-refractivity contribution in [3.63, 3.8) is 0 Å². The Morgan fingerprint density at radius 2 is 2.14 bits per heavy atom. The number of hydrogen-bond acceptors (Lipinski definition) is 2. The number of hydrogen-bond donors (Lipinski definition) is 1. The molecule has 1 saturated heterocycles. The van der Waals surface area contributed by atoms with Gasteiger partial charge in [0.1, 0.15) is 0 Å². The number of β-amino-alcohol motifs (C(OH)–C–C–N with tert-alkyl or cyclic N) is 1. The molecule has 0 aliphatic carbocycles. The van der Waals surface area contributed by atoms with Crippen molar-refractivity contribution in [1.82, 2.24) is 4.90 Å².